The molecule has 1 spiro atoms. The zero-order valence-electron chi connectivity index (χ0n) is 21.0. The molecule has 0 aromatic heterocycles. The third-order valence-electron chi connectivity index (χ3n) is 7.96. The molecule has 9 heteroatoms. The molecule has 2 fully saturated rings. The Hall–Kier alpha value is -2.56. The second kappa shape index (κ2) is 9.39. The first-order valence-electron chi connectivity index (χ1n) is 12.8. The number of hydrogen-bond donors (Lipinski definition) is 4. The Balaban J connectivity index is 1.62. The summed E-state index contributed by atoms with van der Waals surface area (Å²) < 4.78 is 6.65. The number of ether oxygens (including phenoxy) is 1. The molecule has 0 unspecified atom stereocenters. The SMILES string of the molecule is C[C@@H]1[C@@H]([Si](C)(C)O)[C@H](CCO)O[C@@]12C(=O)N(c1ccccc1)c1ccc(NC(=O)[C@H]3CCCN3)cc12. The topological polar surface area (TPSA) is 111 Å². The van der Waals surface area contributed by atoms with Gasteiger partial charge in [0.2, 0.25) is 5.91 Å². The fraction of sp³-hybridized carbons (Fsp3) is 0.481. The van der Waals surface area contributed by atoms with Crippen LogP contribution in [0.5, 0.6) is 0 Å². The molecule has 0 radical (unpaired) electrons. The van der Waals surface area contributed by atoms with Crippen LogP contribution >= 0.6 is 0 Å². The Morgan fingerprint density at radius 1 is 1.25 bits per heavy atom. The van der Waals surface area contributed by atoms with Gasteiger partial charge in [-0.25, -0.2) is 0 Å². The number of aliphatic hydroxyl groups is 1. The Morgan fingerprint density at radius 2 is 2.00 bits per heavy atom. The molecular formula is C27H35N3O5Si. The third kappa shape index (κ3) is 3.99. The number of nitrogens with zero attached hydrogens (tertiary/aromatic N) is 1. The molecule has 0 bridgehead atoms. The Morgan fingerprint density at radius 3 is 2.64 bits per heavy atom. The van der Waals surface area contributed by atoms with Gasteiger partial charge in [-0.1, -0.05) is 25.1 Å². The minimum Gasteiger partial charge on any atom is -0.432 e. The van der Waals surface area contributed by atoms with E-state index in [-0.39, 0.29) is 35.9 Å². The summed E-state index contributed by atoms with van der Waals surface area (Å²) in [6.07, 6.45) is 1.64. The van der Waals surface area contributed by atoms with Gasteiger partial charge in [-0.05, 0) is 69.2 Å². The summed E-state index contributed by atoms with van der Waals surface area (Å²) in [5, 5.41) is 16.0. The van der Waals surface area contributed by atoms with Gasteiger partial charge in [0.05, 0.1) is 17.8 Å². The molecule has 5 rings (SSSR count). The van der Waals surface area contributed by atoms with Gasteiger partial charge >= 0.3 is 0 Å². The number of rotatable bonds is 6. The number of carbonyl (C=O) groups excluding carboxylic acids is 2. The standard InChI is InChI=1S/C27H35N3O5Si/c1-17-24(36(2,3)34)23(13-15-31)35-27(17)20-16-18(29-25(32)21-10-7-14-28-21)11-12-22(20)30(26(27)33)19-8-5-4-6-9-19/h4-6,8-9,11-12,16-17,21,23-24,28,31,34H,7,10,13-15H2,1-3H3,(H,29,32)/t17-,21-,23+,24-,27+/m1/s1. The van der Waals surface area contributed by atoms with Crippen LogP contribution in [0.15, 0.2) is 48.5 Å². The lowest BCUT2D eigenvalue weighted by Gasteiger charge is -2.32. The lowest BCUT2D eigenvalue weighted by atomic mass is 9.82. The van der Waals surface area contributed by atoms with Crippen molar-refractivity contribution in [2.24, 2.45) is 5.92 Å². The second-order valence-corrected chi connectivity index (χ2v) is 14.7. The third-order valence-corrected chi connectivity index (χ3v) is 10.5. The number of fused-ring (bicyclic) bond motifs is 2. The van der Waals surface area contributed by atoms with E-state index in [2.05, 4.69) is 10.6 Å². The van der Waals surface area contributed by atoms with Crippen LogP contribution in [-0.2, 0) is 19.9 Å². The van der Waals surface area contributed by atoms with Gasteiger partial charge in [0, 0.05) is 35.0 Å². The molecule has 0 saturated carbocycles. The smallest absolute Gasteiger partial charge is 0.268 e. The summed E-state index contributed by atoms with van der Waals surface area (Å²) in [4.78, 5) is 40.1. The molecule has 2 amide bonds. The molecule has 192 valence electrons. The van der Waals surface area contributed by atoms with Crippen LogP contribution in [0, 0.1) is 5.92 Å². The number of amides is 2. The van der Waals surface area contributed by atoms with Crippen molar-refractivity contribution in [1.82, 2.24) is 5.32 Å². The Kier molecular flexibility index (Phi) is 6.55. The normalized spacial score (nSPS) is 29.7. The van der Waals surface area contributed by atoms with Gasteiger partial charge in [0.15, 0.2) is 13.9 Å². The molecule has 3 aliphatic rings. The molecule has 36 heavy (non-hydrogen) atoms. The van der Waals surface area contributed by atoms with Crippen molar-refractivity contribution in [3.8, 4) is 0 Å². The summed E-state index contributed by atoms with van der Waals surface area (Å²) in [6, 6.07) is 14.7. The molecule has 3 heterocycles. The van der Waals surface area contributed by atoms with Crippen LogP contribution in [-0.4, -0.2) is 55.3 Å². The van der Waals surface area contributed by atoms with Crippen molar-refractivity contribution in [3.05, 3.63) is 54.1 Å². The van der Waals surface area contributed by atoms with Crippen LogP contribution < -0.4 is 15.5 Å². The van der Waals surface area contributed by atoms with E-state index in [0.29, 0.717) is 23.4 Å². The minimum atomic E-state index is -2.78. The molecule has 4 N–H and O–H groups in total. The van der Waals surface area contributed by atoms with E-state index in [1.54, 1.807) is 4.90 Å². The predicted octanol–water partition coefficient (Wildman–Crippen LogP) is 3.24. The number of hydrogen-bond acceptors (Lipinski definition) is 6. The maximum absolute atomic E-state index is 14.3. The first-order chi connectivity index (χ1) is 17.2. The van der Waals surface area contributed by atoms with Crippen LogP contribution in [0.1, 0.15) is 31.7 Å². The van der Waals surface area contributed by atoms with E-state index in [1.807, 2.05) is 68.5 Å². The van der Waals surface area contributed by atoms with E-state index in [4.69, 9.17) is 4.74 Å². The van der Waals surface area contributed by atoms with Gasteiger partial charge in [0.1, 0.15) is 0 Å². The Bertz CT molecular complexity index is 1150. The predicted molar refractivity (Wildman–Crippen MR) is 141 cm³/mol. The number of nitrogens with one attached hydrogen (secondary N) is 2. The zero-order chi connectivity index (χ0) is 25.7. The fourth-order valence-corrected chi connectivity index (χ4v) is 9.05. The van der Waals surface area contributed by atoms with E-state index in [0.717, 1.165) is 25.1 Å². The number of carbonyl (C=O) groups is 2. The van der Waals surface area contributed by atoms with Gasteiger partial charge in [-0.15, -0.1) is 0 Å². The number of para-hydroxylation sites is 1. The summed E-state index contributed by atoms with van der Waals surface area (Å²) in [6.45, 7) is 6.42. The van der Waals surface area contributed by atoms with Gasteiger partial charge in [0.25, 0.3) is 5.91 Å². The van der Waals surface area contributed by atoms with Crippen molar-refractivity contribution in [3.63, 3.8) is 0 Å². The van der Waals surface area contributed by atoms with Crippen LogP contribution in [0.2, 0.25) is 18.6 Å². The second-order valence-electron chi connectivity index (χ2n) is 10.7. The van der Waals surface area contributed by atoms with E-state index >= 15 is 0 Å². The van der Waals surface area contributed by atoms with E-state index < -0.39 is 20.0 Å². The minimum absolute atomic E-state index is 0.0916. The molecule has 5 atom stereocenters. The Labute approximate surface area is 212 Å². The van der Waals surface area contributed by atoms with Gasteiger partial charge in [-0.3, -0.25) is 14.5 Å². The monoisotopic (exact) mass is 509 g/mol. The fourth-order valence-electron chi connectivity index (χ4n) is 6.45. The summed E-state index contributed by atoms with van der Waals surface area (Å²) in [7, 11) is -2.78. The summed E-state index contributed by atoms with van der Waals surface area (Å²) >= 11 is 0. The van der Waals surface area contributed by atoms with Crippen molar-refractivity contribution in [2.45, 2.75) is 62.6 Å². The highest BCUT2D eigenvalue weighted by Gasteiger charge is 2.66. The van der Waals surface area contributed by atoms with E-state index in [9.17, 15) is 19.5 Å². The van der Waals surface area contributed by atoms with Crippen molar-refractivity contribution >= 4 is 37.2 Å². The molecular weight excluding hydrogens is 474 g/mol. The number of anilines is 3. The van der Waals surface area contributed by atoms with Crippen molar-refractivity contribution in [2.75, 3.05) is 23.4 Å². The molecule has 3 aliphatic heterocycles. The van der Waals surface area contributed by atoms with Crippen LogP contribution in [0.4, 0.5) is 17.1 Å². The van der Waals surface area contributed by atoms with Crippen LogP contribution in [0.3, 0.4) is 0 Å². The quantitative estimate of drug-likeness (QED) is 0.445. The lowest BCUT2D eigenvalue weighted by Crippen LogP contribution is -2.45. The van der Waals surface area contributed by atoms with Gasteiger partial charge in [-0.2, -0.15) is 0 Å². The molecule has 8 nitrogen and oxygen atoms in total. The number of aliphatic hydroxyl groups excluding tert-OH is 1. The first-order valence-corrected chi connectivity index (χ1v) is 15.8. The molecule has 2 aromatic carbocycles. The first kappa shape index (κ1) is 25.1. The van der Waals surface area contributed by atoms with Crippen molar-refractivity contribution < 1.29 is 24.2 Å². The highest BCUT2D eigenvalue weighted by molar-refractivity contribution is 6.71. The molecule has 2 aromatic rings. The maximum Gasteiger partial charge on any atom is 0.268 e. The highest BCUT2D eigenvalue weighted by Crippen LogP contribution is 2.60. The van der Waals surface area contributed by atoms with E-state index in [1.165, 1.54) is 0 Å². The lowest BCUT2D eigenvalue weighted by molar-refractivity contribution is -0.145. The molecule has 0 aliphatic carbocycles. The number of benzene rings is 2. The molecule has 2 saturated heterocycles. The zero-order valence-corrected chi connectivity index (χ0v) is 22.0. The summed E-state index contributed by atoms with van der Waals surface area (Å²) in [5.74, 6) is -0.630. The largest absolute Gasteiger partial charge is 0.432 e. The van der Waals surface area contributed by atoms with Crippen LogP contribution in [0.25, 0.3) is 0 Å². The average Bonchev–Trinajstić information content (AvgIpc) is 3.53. The average molecular weight is 510 g/mol. The highest BCUT2D eigenvalue weighted by atomic mass is 28.4. The van der Waals surface area contributed by atoms with Gasteiger partial charge < -0.3 is 25.3 Å². The summed E-state index contributed by atoms with van der Waals surface area (Å²) in [5.41, 5.74) is 1.15. The van der Waals surface area contributed by atoms with Crippen molar-refractivity contribution in [1.29, 1.82) is 0 Å². The maximum atomic E-state index is 14.3.